The Hall–Kier alpha value is -4.67. The Bertz CT molecular complexity index is 1450. The van der Waals surface area contributed by atoms with E-state index in [1.165, 1.54) is 5.56 Å². The molecule has 202 valence electrons. The average Bonchev–Trinajstić information content (AvgIpc) is 3.02. The molecule has 2 aliphatic rings. The number of hydrogen-bond acceptors (Lipinski definition) is 6. The Morgan fingerprint density at radius 2 is 1.80 bits per heavy atom. The predicted octanol–water partition coefficient (Wildman–Crippen LogP) is 4.94. The monoisotopic (exact) mass is 531 g/mol. The molecule has 0 saturated carbocycles. The highest BCUT2D eigenvalue weighted by Gasteiger charge is 2.23. The molecule has 3 aromatic carbocycles. The fourth-order valence-electron chi connectivity index (χ4n) is 4.76. The smallest absolute Gasteiger partial charge is 0.253 e. The second kappa shape index (κ2) is 12.9. The molecule has 0 aliphatic carbocycles. The molecule has 0 spiro atoms. The van der Waals surface area contributed by atoms with Crippen LogP contribution in [0.15, 0.2) is 91.1 Å². The number of likely N-dealkylation sites (N-methyl/N-ethyl adjacent to an activating group) is 1. The summed E-state index contributed by atoms with van der Waals surface area (Å²) >= 11 is 0. The summed E-state index contributed by atoms with van der Waals surface area (Å²) in [5.41, 5.74) is 6.56. The van der Waals surface area contributed by atoms with Gasteiger partial charge in [0.15, 0.2) is 0 Å². The molecule has 4 aromatic rings. The van der Waals surface area contributed by atoms with Gasteiger partial charge in [0.1, 0.15) is 6.10 Å². The maximum Gasteiger partial charge on any atom is 0.253 e. The third-order valence-corrected chi connectivity index (χ3v) is 7.10. The molecular weight excluding hydrogens is 498 g/mol. The Balaban J connectivity index is 0.000000477. The summed E-state index contributed by atoms with van der Waals surface area (Å²) < 4.78 is 6.09. The van der Waals surface area contributed by atoms with Crippen molar-refractivity contribution in [1.29, 1.82) is 5.26 Å². The summed E-state index contributed by atoms with van der Waals surface area (Å²) in [7, 11) is 1.85. The fraction of sp³-hybridized carbons (Fsp3) is 0.242. The van der Waals surface area contributed by atoms with Gasteiger partial charge >= 0.3 is 0 Å². The maximum atomic E-state index is 12.5. The Labute approximate surface area is 235 Å². The molecule has 3 heterocycles. The van der Waals surface area contributed by atoms with Crippen molar-refractivity contribution < 1.29 is 9.53 Å². The van der Waals surface area contributed by atoms with Crippen molar-refractivity contribution in [2.24, 2.45) is 0 Å². The Kier molecular flexibility index (Phi) is 8.69. The maximum absolute atomic E-state index is 12.5. The zero-order chi connectivity index (χ0) is 27.7. The number of amides is 1. The van der Waals surface area contributed by atoms with Gasteiger partial charge < -0.3 is 20.3 Å². The molecule has 0 radical (unpaired) electrons. The van der Waals surface area contributed by atoms with E-state index in [4.69, 9.17) is 10.00 Å². The molecule has 2 N–H and O–H groups in total. The average molecular weight is 532 g/mol. The van der Waals surface area contributed by atoms with E-state index in [0.717, 1.165) is 53.9 Å². The minimum atomic E-state index is -0.0104. The van der Waals surface area contributed by atoms with Crippen LogP contribution in [-0.2, 0) is 12.8 Å². The van der Waals surface area contributed by atoms with E-state index in [2.05, 4.69) is 33.8 Å². The van der Waals surface area contributed by atoms with Crippen LogP contribution in [0.25, 0.3) is 11.1 Å². The van der Waals surface area contributed by atoms with Crippen LogP contribution in [0.2, 0.25) is 0 Å². The van der Waals surface area contributed by atoms with E-state index in [9.17, 15) is 4.79 Å². The lowest BCUT2D eigenvalue weighted by Gasteiger charge is -2.27. The minimum Gasteiger partial charge on any atom is -0.470 e. The number of pyridine rings is 1. The van der Waals surface area contributed by atoms with E-state index in [0.29, 0.717) is 24.5 Å². The fourth-order valence-corrected chi connectivity index (χ4v) is 4.76. The van der Waals surface area contributed by atoms with Gasteiger partial charge in [-0.25, -0.2) is 4.98 Å². The number of fused-ring (bicyclic) bond motifs is 2. The van der Waals surface area contributed by atoms with Crippen LogP contribution < -0.4 is 15.4 Å². The van der Waals surface area contributed by atoms with Crippen molar-refractivity contribution in [3.63, 3.8) is 0 Å². The summed E-state index contributed by atoms with van der Waals surface area (Å²) in [5, 5.41) is 15.8. The van der Waals surface area contributed by atoms with E-state index < -0.39 is 0 Å². The molecule has 7 heteroatoms. The number of benzene rings is 3. The topological polar surface area (TPSA) is 90.3 Å². The summed E-state index contributed by atoms with van der Waals surface area (Å²) in [6.07, 6.45) is 3.57. The third-order valence-electron chi connectivity index (χ3n) is 7.10. The number of ether oxygens (including phenoxy) is 1. The first-order valence-electron chi connectivity index (χ1n) is 13.6. The van der Waals surface area contributed by atoms with E-state index in [-0.39, 0.29) is 12.0 Å². The lowest BCUT2D eigenvalue weighted by atomic mass is 9.95. The number of rotatable bonds is 6. The van der Waals surface area contributed by atoms with Crippen LogP contribution in [0, 0.1) is 11.3 Å². The van der Waals surface area contributed by atoms with Gasteiger partial charge in [-0.1, -0.05) is 60.7 Å². The molecule has 40 heavy (non-hydrogen) atoms. The van der Waals surface area contributed by atoms with E-state index in [1.807, 2.05) is 79.8 Å². The van der Waals surface area contributed by atoms with Crippen LogP contribution >= 0.6 is 0 Å². The summed E-state index contributed by atoms with van der Waals surface area (Å²) in [6.45, 7) is 3.00. The first kappa shape index (κ1) is 26.9. The summed E-state index contributed by atoms with van der Waals surface area (Å²) in [5.74, 6) is 0.674. The van der Waals surface area contributed by atoms with E-state index >= 15 is 0 Å². The van der Waals surface area contributed by atoms with Crippen molar-refractivity contribution in [3.8, 4) is 23.1 Å². The normalized spacial score (nSPS) is 15.3. The Morgan fingerprint density at radius 3 is 2.52 bits per heavy atom. The lowest BCUT2D eigenvalue weighted by Crippen LogP contribution is -2.40. The molecule has 0 bridgehead atoms. The first-order chi connectivity index (χ1) is 19.6. The van der Waals surface area contributed by atoms with Crippen LogP contribution in [0.4, 0.5) is 5.69 Å². The number of anilines is 1. The molecule has 6 rings (SSSR count). The largest absolute Gasteiger partial charge is 0.470 e. The second-order valence-electron chi connectivity index (χ2n) is 9.96. The molecule has 1 aromatic heterocycles. The number of nitrogens with one attached hydrogen (secondary N) is 2. The quantitative estimate of drug-likeness (QED) is 0.343. The van der Waals surface area contributed by atoms with Gasteiger partial charge in [-0.05, 0) is 60.3 Å². The number of aromatic nitrogens is 1. The third kappa shape index (κ3) is 6.66. The predicted molar refractivity (Wildman–Crippen MR) is 157 cm³/mol. The molecule has 7 nitrogen and oxygen atoms in total. The molecule has 1 amide bonds. The van der Waals surface area contributed by atoms with E-state index in [1.54, 1.807) is 11.1 Å². The van der Waals surface area contributed by atoms with Gasteiger partial charge in [-0.15, -0.1) is 0 Å². The van der Waals surface area contributed by atoms with Crippen molar-refractivity contribution in [2.45, 2.75) is 18.9 Å². The SMILES string of the molecule is CN1CCc2ccc(-c3cnc4c(c3)NCC(CNCCc3ccc(C#N)cc3)O4)cc2C1=O.c1ccccc1. The zero-order valence-corrected chi connectivity index (χ0v) is 22.6. The molecule has 0 saturated heterocycles. The van der Waals surface area contributed by atoms with Gasteiger partial charge in [-0.3, -0.25) is 4.79 Å². The van der Waals surface area contributed by atoms with Crippen molar-refractivity contribution >= 4 is 11.6 Å². The zero-order valence-electron chi connectivity index (χ0n) is 22.6. The van der Waals surface area contributed by atoms with Gasteiger partial charge in [0.25, 0.3) is 5.91 Å². The second-order valence-corrected chi connectivity index (χ2v) is 9.96. The number of nitriles is 1. The highest BCUT2D eigenvalue weighted by atomic mass is 16.5. The number of nitrogens with zero attached hydrogens (tertiary/aromatic N) is 3. The van der Waals surface area contributed by atoms with Crippen molar-refractivity contribution in [3.05, 3.63) is 113 Å². The molecule has 1 atom stereocenters. The first-order valence-corrected chi connectivity index (χ1v) is 13.6. The summed E-state index contributed by atoms with van der Waals surface area (Å²) in [4.78, 5) is 18.9. The Morgan fingerprint density at radius 1 is 1.05 bits per heavy atom. The molecule has 1 unspecified atom stereocenters. The van der Waals surface area contributed by atoms with Crippen molar-refractivity contribution in [1.82, 2.24) is 15.2 Å². The van der Waals surface area contributed by atoms with Crippen LogP contribution in [-0.4, -0.2) is 55.1 Å². The summed E-state index contributed by atoms with van der Waals surface area (Å²) in [6, 6.07) is 29.9. The highest BCUT2D eigenvalue weighted by molar-refractivity contribution is 5.98. The molecule has 0 fully saturated rings. The van der Waals surface area contributed by atoms with Crippen LogP contribution in [0.1, 0.15) is 27.0 Å². The lowest BCUT2D eigenvalue weighted by molar-refractivity contribution is 0.0781. The molecular formula is C33H33N5O2. The van der Waals surface area contributed by atoms with Gasteiger partial charge in [0.05, 0.1) is 23.9 Å². The number of hydrogen-bond donors (Lipinski definition) is 2. The van der Waals surface area contributed by atoms with Crippen molar-refractivity contribution in [2.75, 3.05) is 38.5 Å². The van der Waals surface area contributed by atoms with Gasteiger partial charge in [-0.2, -0.15) is 5.26 Å². The van der Waals surface area contributed by atoms with Gasteiger partial charge in [0.2, 0.25) is 5.88 Å². The van der Waals surface area contributed by atoms with Crippen LogP contribution in [0.3, 0.4) is 0 Å². The number of carbonyl (C=O) groups excluding carboxylic acids is 1. The van der Waals surface area contributed by atoms with Crippen LogP contribution in [0.5, 0.6) is 5.88 Å². The number of carbonyl (C=O) groups is 1. The standard InChI is InChI=1S/C27H27N5O2.C6H6/c1-32-11-9-20-6-7-21(12-24(20)27(32)33)22-13-25-26(31-15-22)34-23(17-30-25)16-29-10-8-18-2-4-19(14-28)5-3-18;1-2-4-6-5-3-1/h2-7,12-13,15,23,29-30H,8-11,16-17H2,1H3;1-6H. The van der Waals surface area contributed by atoms with Gasteiger partial charge in [0, 0.05) is 37.5 Å². The molecule has 2 aliphatic heterocycles. The minimum absolute atomic E-state index is 0.0104. The highest BCUT2D eigenvalue weighted by Crippen LogP contribution is 2.32.